The van der Waals surface area contributed by atoms with Crippen LogP contribution in [0.15, 0.2) is 59.5 Å². The van der Waals surface area contributed by atoms with Gasteiger partial charge in [0.1, 0.15) is 0 Å². The molecule has 7 nitrogen and oxygen atoms in total. The lowest BCUT2D eigenvalue weighted by Gasteiger charge is -2.32. The number of amides is 2. The normalized spacial score (nSPS) is 16.6. The molecule has 2 aliphatic rings. The van der Waals surface area contributed by atoms with Crippen LogP contribution in [0.2, 0.25) is 0 Å². The molecule has 0 radical (unpaired) electrons. The molecule has 2 aromatic carbocycles. The molecule has 28 heavy (non-hydrogen) atoms. The summed E-state index contributed by atoms with van der Waals surface area (Å²) in [6, 6.07) is 12.5. The molecule has 2 aliphatic heterocycles. The smallest absolute Gasteiger partial charge is 0.266 e. The first kappa shape index (κ1) is 16.7. The summed E-state index contributed by atoms with van der Waals surface area (Å²) in [7, 11) is 0. The van der Waals surface area contributed by atoms with Gasteiger partial charge in [-0.1, -0.05) is 12.1 Å². The van der Waals surface area contributed by atoms with Gasteiger partial charge in [0.2, 0.25) is 0 Å². The first-order valence-corrected chi connectivity index (χ1v) is 9.07. The van der Waals surface area contributed by atoms with E-state index in [4.69, 9.17) is 9.15 Å². The zero-order valence-corrected chi connectivity index (χ0v) is 15.0. The number of rotatable bonds is 3. The molecule has 7 heteroatoms. The van der Waals surface area contributed by atoms with E-state index in [0.29, 0.717) is 48.9 Å². The summed E-state index contributed by atoms with van der Waals surface area (Å²) in [5.41, 5.74) is 2.96. The van der Waals surface area contributed by atoms with Crippen molar-refractivity contribution in [3.63, 3.8) is 0 Å². The van der Waals surface area contributed by atoms with Crippen molar-refractivity contribution in [3.8, 4) is 11.3 Å². The van der Waals surface area contributed by atoms with Crippen molar-refractivity contribution in [2.45, 2.75) is 0 Å². The Labute approximate surface area is 161 Å². The van der Waals surface area contributed by atoms with Crippen LogP contribution in [0.5, 0.6) is 0 Å². The Morgan fingerprint density at radius 1 is 0.893 bits per heavy atom. The maximum absolute atomic E-state index is 13.1. The third-order valence-electron chi connectivity index (χ3n) is 5.08. The number of ether oxygens (including phenoxy) is 1. The summed E-state index contributed by atoms with van der Waals surface area (Å²) in [5.74, 6) is -0.0546. The number of carbonyl (C=O) groups excluding carboxylic acids is 2. The highest BCUT2D eigenvalue weighted by Gasteiger charge is 2.38. The molecular formula is C21H17N3O4. The predicted molar refractivity (Wildman–Crippen MR) is 103 cm³/mol. The molecule has 1 aromatic heterocycles. The van der Waals surface area contributed by atoms with Gasteiger partial charge < -0.3 is 14.1 Å². The van der Waals surface area contributed by atoms with E-state index in [1.807, 2.05) is 18.2 Å². The monoisotopic (exact) mass is 375 g/mol. The number of carbonyl (C=O) groups is 2. The fourth-order valence-corrected chi connectivity index (χ4v) is 3.69. The van der Waals surface area contributed by atoms with Crippen LogP contribution in [-0.4, -0.2) is 43.1 Å². The number of nitrogens with zero attached hydrogens (tertiary/aromatic N) is 3. The lowest BCUT2D eigenvalue weighted by Crippen LogP contribution is -2.38. The van der Waals surface area contributed by atoms with E-state index in [1.54, 1.807) is 30.5 Å². The average Bonchev–Trinajstić information content (AvgIpc) is 3.36. The number of oxazole rings is 1. The van der Waals surface area contributed by atoms with Crippen LogP contribution in [-0.2, 0) is 4.74 Å². The van der Waals surface area contributed by atoms with E-state index < -0.39 is 0 Å². The highest BCUT2D eigenvalue weighted by molar-refractivity contribution is 6.35. The minimum Gasteiger partial charge on any atom is -0.444 e. The quantitative estimate of drug-likeness (QED) is 0.655. The number of anilines is 2. The highest BCUT2D eigenvalue weighted by Crippen LogP contribution is 2.38. The van der Waals surface area contributed by atoms with Crippen LogP contribution in [0.1, 0.15) is 20.7 Å². The van der Waals surface area contributed by atoms with E-state index in [9.17, 15) is 9.59 Å². The fourth-order valence-electron chi connectivity index (χ4n) is 3.69. The van der Waals surface area contributed by atoms with Crippen molar-refractivity contribution >= 4 is 23.2 Å². The number of hydrogen-bond donors (Lipinski definition) is 0. The van der Waals surface area contributed by atoms with Crippen LogP contribution in [0.3, 0.4) is 0 Å². The van der Waals surface area contributed by atoms with Gasteiger partial charge in [-0.3, -0.25) is 9.59 Å². The Balaban J connectivity index is 1.65. The summed E-state index contributed by atoms with van der Waals surface area (Å²) in [4.78, 5) is 33.5. The third kappa shape index (κ3) is 2.59. The highest BCUT2D eigenvalue weighted by atomic mass is 16.5. The third-order valence-corrected chi connectivity index (χ3v) is 5.08. The molecule has 3 heterocycles. The van der Waals surface area contributed by atoms with E-state index in [0.717, 1.165) is 11.3 Å². The standard InChI is InChI=1S/C21H17N3O4/c25-20-15-3-1-2-4-16(15)21(26)24(20)18-11-14(19-12-22-13-28-19)5-6-17(18)23-7-9-27-10-8-23/h1-6,11-13H,7-10H2. The molecule has 0 unspecified atom stereocenters. The maximum atomic E-state index is 13.1. The minimum absolute atomic E-state index is 0.315. The van der Waals surface area contributed by atoms with Crippen molar-refractivity contribution in [2.24, 2.45) is 0 Å². The predicted octanol–water partition coefficient (Wildman–Crippen LogP) is 2.98. The van der Waals surface area contributed by atoms with Crippen LogP contribution in [0.25, 0.3) is 11.3 Å². The average molecular weight is 375 g/mol. The molecule has 0 spiro atoms. The summed E-state index contributed by atoms with van der Waals surface area (Å²) in [5, 5.41) is 0. The van der Waals surface area contributed by atoms with Gasteiger partial charge in [0.15, 0.2) is 12.2 Å². The second-order valence-corrected chi connectivity index (χ2v) is 6.66. The van der Waals surface area contributed by atoms with Gasteiger partial charge in [0, 0.05) is 18.7 Å². The maximum Gasteiger partial charge on any atom is 0.266 e. The number of fused-ring (bicyclic) bond motifs is 1. The first-order valence-electron chi connectivity index (χ1n) is 9.07. The molecule has 140 valence electrons. The molecule has 5 rings (SSSR count). The Kier molecular flexibility index (Phi) is 3.95. The summed E-state index contributed by atoms with van der Waals surface area (Å²) < 4.78 is 10.9. The number of aromatic nitrogens is 1. The van der Waals surface area contributed by atoms with Crippen molar-refractivity contribution < 1.29 is 18.7 Å². The summed E-state index contributed by atoms with van der Waals surface area (Å²) in [6.45, 7) is 2.59. The first-order chi connectivity index (χ1) is 13.7. The molecule has 0 N–H and O–H groups in total. The van der Waals surface area contributed by atoms with E-state index in [-0.39, 0.29) is 11.8 Å². The molecule has 0 saturated carbocycles. The van der Waals surface area contributed by atoms with Gasteiger partial charge in [-0.25, -0.2) is 9.88 Å². The molecule has 1 fully saturated rings. The Morgan fingerprint density at radius 2 is 1.61 bits per heavy atom. The van der Waals surface area contributed by atoms with E-state index in [1.165, 1.54) is 11.3 Å². The van der Waals surface area contributed by atoms with Crippen LogP contribution in [0, 0.1) is 0 Å². The largest absolute Gasteiger partial charge is 0.444 e. The summed E-state index contributed by atoms with van der Waals surface area (Å²) in [6.07, 6.45) is 2.96. The topological polar surface area (TPSA) is 75.9 Å². The SMILES string of the molecule is O=C1c2ccccc2C(=O)N1c1cc(-c2cnco2)ccc1N1CCOCC1. The number of morpholine rings is 1. The van der Waals surface area contributed by atoms with E-state index >= 15 is 0 Å². The van der Waals surface area contributed by atoms with Crippen molar-refractivity contribution in [1.82, 2.24) is 4.98 Å². The van der Waals surface area contributed by atoms with Crippen LogP contribution < -0.4 is 9.80 Å². The van der Waals surface area contributed by atoms with Crippen LogP contribution >= 0.6 is 0 Å². The number of hydrogen-bond acceptors (Lipinski definition) is 6. The fraction of sp³-hybridized carbons (Fsp3) is 0.190. The Hall–Kier alpha value is -3.45. The molecule has 0 bridgehead atoms. The molecule has 1 saturated heterocycles. The Bertz CT molecular complexity index is 1020. The van der Waals surface area contributed by atoms with Crippen molar-refractivity contribution in [2.75, 3.05) is 36.1 Å². The van der Waals surface area contributed by atoms with Crippen molar-refractivity contribution in [1.29, 1.82) is 0 Å². The van der Waals surface area contributed by atoms with Gasteiger partial charge in [-0.05, 0) is 30.3 Å². The molecular weight excluding hydrogens is 358 g/mol. The molecule has 0 atom stereocenters. The lowest BCUT2D eigenvalue weighted by atomic mass is 10.1. The molecule has 0 aliphatic carbocycles. The lowest BCUT2D eigenvalue weighted by molar-refractivity contribution is 0.0926. The number of imide groups is 1. The van der Waals surface area contributed by atoms with Gasteiger partial charge in [-0.15, -0.1) is 0 Å². The number of benzene rings is 2. The van der Waals surface area contributed by atoms with Crippen molar-refractivity contribution in [3.05, 3.63) is 66.2 Å². The second-order valence-electron chi connectivity index (χ2n) is 6.66. The van der Waals surface area contributed by atoms with Gasteiger partial charge in [0.25, 0.3) is 11.8 Å². The zero-order valence-electron chi connectivity index (χ0n) is 15.0. The summed E-state index contributed by atoms with van der Waals surface area (Å²) >= 11 is 0. The second kappa shape index (κ2) is 6.61. The zero-order chi connectivity index (χ0) is 19.1. The van der Waals surface area contributed by atoms with Crippen LogP contribution in [0.4, 0.5) is 11.4 Å². The molecule has 2 amide bonds. The Morgan fingerprint density at radius 3 is 2.25 bits per heavy atom. The van der Waals surface area contributed by atoms with E-state index in [2.05, 4.69) is 9.88 Å². The van der Waals surface area contributed by atoms with Gasteiger partial charge >= 0.3 is 0 Å². The molecule has 3 aromatic rings. The van der Waals surface area contributed by atoms with Gasteiger partial charge in [0.05, 0.1) is 41.9 Å². The minimum atomic E-state index is -0.315. The van der Waals surface area contributed by atoms with Gasteiger partial charge in [-0.2, -0.15) is 0 Å².